The first-order chi connectivity index (χ1) is 11.9. The van der Waals surface area contributed by atoms with Crippen molar-refractivity contribution in [3.63, 3.8) is 0 Å². The molecule has 0 radical (unpaired) electrons. The van der Waals surface area contributed by atoms with E-state index in [-0.39, 0.29) is 5.91 Å². The Labute approximate surface area is 156 Å². The summed E-state index contributed by atoms with van der Waals surface area (Å²) in [5.41, 5.74) is 0.559. The van der Waals surface area contributed by atoms with Gasteiger partial charge in [0.15, 0.2) is 0 Å². The number of hydrogen-bond donors (Lipinski definition) is 0. The van der Waals surface area contributed by atoms with Crippen LogP contribution in [0.25, 0.3) is 0 Å². The molecule has 7 nitrogen and oxygen atoms in total. The molecule has 2 fully saturated rings. The van der Waals surface area contributed by atoms with Crippen LogP contribution >= 0.6 is 15.9 Å². The van der Waals surface area contributed by atoms with Crippen LogP contribution in [0.5, 0.6) is 5.75 Å². The Hall–Kier alpha value is -1.16. The van der Waals surface area contributed by atoms with Crippen molar-refractivity contribution >= 4 is 32.0 Å². The van der Waals surface area contributed by atoms with Gasteiger partial charge < -0.3 is 9.64 Å². The molecule has 2 saturated heterocycles. The van der Waals surface area contributed by atoms with Crippen LogP contribution in [-0.2, 0) is 10.2 Å². The molecule has 2 heterocycles. The monoisotopic (exact) mass is 431 g/mol. The molecule has 0 atom stereocenters. The van der Waals surface area contributed by atoms with Gasteiger partial charge >= 0.3 is 0 Å². The van der Waals surface area contributed by atoms with E-state index in [0.717, 1.165) is 17.3 Å². The molecule has 0 aliphatic carbocycles. The number of carbonyl (C=O) groups excluding carboxylic acids is 1. The number of benzene rings is 1. The van der Waals surface area contributed by atoms with Crippen molar-refractivity contribution < 1.29 is 17.9 Å². The van der Waals surface area contributed by atoms with Crippen molar-refractivity contribution in [2.75, 3.05) is 46.4 Å². The second-order valence-electron chi connectivity index (χ2n) is 6.15. The summed E-state index contributed by atoms with van der Waals surface area (Å²) in [4.78, 5) is 14.3. The summed E-state index contributed by atoms with van der Waals surface area (Å²) < 4.78 is 34.1. The Bertz CT molecular complexity index is 742. The van der Waals surface area contributed by atoms with Crippen molar-refractivity contribution in [3.8, 4) is 5.75 Å². The van der Waals surface area contributed by atoms with E-state index in [1.807, 2.05) is 0 Å². The smallest absolute Gasteiger partial charge is 0.282 e. The highest BCUT2D eigenvalue weighted by molar-refractivity contribution is 9.10. The number of amides is 1. The van der Waals surface area contributed by atoms with Gasteiger partial charge in [0.2, 0.25) is 0 Å². The molecule has 0 N–H and O–H groups in total. The molecule has 0 unspecified atom stereocenters. The molecule has 0 spiro atoms. The summed E-state index contributed by atoms with van der Waals surface area (Å²) in [5, 5.41) is 0. The van der Waals surface area contributed by atoms with E-state index in [0.29, 0.717) is 50.6 Å². The molecule has 9 heteroatoms. The Morgan fingerprint density at radius 3 is 2.20 bits per heavy atom. The third-order valence-electron chi connectivity index (χ3n) is 4.64. The molecule has 25 heavy (non-hydrogen) atoms. The summed E-state index contributed by atoms with van der Waals surface area (Å²) in [6, 6.07) is 5.19. The van der Waals surface area contributed by atoms with Crippen molar-refractivity contribution in [1.82, 2.24) is 13.5 Å². The zero-order chi connectivity index (χ0) is 18.0. The molecule has 2 aliphatic rings. The lowest BCUT2D eigenvalue weighted by Gasteiger charge is -2.35. The maximum absolute atomic E-state index is 12.7. The molecular formula is C16H22BrN3O4S. The summed E-state index contributed by atoms with van der Waals surface area (Å²) in [7, 11) is -1.82. The third-order valence-corrected chi connectivity index (χ3v) is 7.30. The predicted octanol–water partition coefficient (Wildman–Crippen LogP) is 1.56. The first kappa shape index (κ1) is 18.6. The minimum atomic E-state index is -3.39. The van der Waals surface area contributed by atoms with Gasteiger partial charge in [-0.05, 0) is 47.0 Å². The normalized spacial score (nSPS) is 20.0. The van der Waals surface area contributed by atoms with Crippen molar-refractivity contribution in [3.05, 3.63) is 28.2 Å². The Balaban J connectivity index is 1.64. The van der Waals surface area contributed by atoms with E-state index in [9.17, 15) is 13.2 Å². The van der Waals surface area contributed by atoms with E-state index in [1.165, 1.54) is 4.31 Å². The first-order valence-corrected chi connectivity index (χ1v) is 10.5. The Morgan fingerprint density at radius 2 is 1.64 bits per heavy atom. The largest absolute Gasteiger partial charge is 0.496 e. The fraction of sp³-hybridized carbons (Fsp3) is 0.562. The Morgan fingerprint density at radius 1 is 1.04 bits per heavy atom. The third kappa shape index (κ3) is 3.84. The molecule has 138 valence electrons. The molecule has 0 saturated carbocycles. The number of nitrogens with zero attached hydrogens (tertiary/aromatic N) is 3. The van der Waals surface area contributed by atoms with Crippen LogP contribution in [0.15, 0.2) is 22.7 Å². The zero-order valence-electron chi connectivity index (χ0n) is 14.1. The van der Waals surface area contributed by atoms with Gasteiger partial charge in [0.1, 0.15) is 5.75 Å². The van der Waals surface area contributed by atoms with Crippen LogP contribution in [-0.4, -0.2) is 74.2 Å². The summed E-state index contributed by atoms with van der Waals surface area (Å²) >= 11 is 3.38. The van der Waals surface area contributed by atoms with Crippen LogP contribution in [0.1, 0.15) is 23.2 Å². The van der Waals surface area contributed by atoms with E-state index in [1.54, 1.807) is 34.5 Å². The van der Waals surface area contributed by atoms with Crippen LogP contribution in [0.4, 0.5) is 0 Å². The fourth-order valence-corrected chi connectivity index (χ4v) is 5.40. The van der Waals surface area contributed by atoms with Gasteiger partial charge in [0.25, 0.3) is 16.1 Å². The number of hydrogen-bond acceptors (Lipinski definition) is 4. The minimum absolute atomic E-state index is 0.0958. The van der Waals surface area contributed by atoms with Crippen molar-refractivity contribution in [2.45, 2.75) is 12.8 Å². The summed E-state index contributed by atoms with van der Waals surface area (Å²) in [5.74, 6) is 0.569. The number of piperazine rings is 1. The number of methoxy groups -OCH3 is 1. The lowest BCUT2D eigenvalue weighted by atomic mass is 10.2. The standard InChI is InChI=1S/C16H22BrN3O4S/c1-24-15-5-4-13(12-14(15)17)16(21)18-8-10-20(11-9-18)25(22,23)19-6-2-3-7-19/h4-5,12H,2-3,6-11H2,1H3. The van der Waals surface area contributed by atoms with Gasteiger partial charge in [0.05, 0.1) is 11.6 Å². The molecule has 0 aromatic heterocycles. The van der Waals surface area contributed by atoms with Crippen molar-refractivity contribution in [1.29, 1.82) is 0 Å². The first-order valence-electron chi connectivity index (χ1n) is 8.31. The average molecular weight is 432 g/mol. The molecule has 1 aromatic carbocycles. The van der Waals surface area contributed by atoms with Crippen LogP contribution in [0.2, 0.25) is 0 Å². The number of carbonyl (C=O) groups is 1. The van der Waals surface area contributed by atoms with Gasteiger partial charge in [-0.3, -0.25) is 4.79 Å². The number of ether oxygens (including phenoxy) is 1. The van der Waals surface area contributed by atoms with Crippen molar-refractivity contribution in [2.24, 2.45) is 0 Å². The fourth-order valence-electron chi connectivity index (χ4n) is 3.19. The minimum Gasteiger partial charge on any atom is -0.496 e. The lowest BCUT2D eigenvalue weighted by Crippen LogP contribution is -2.53. The Kier molecular flexibility index (Phi) is 5.67. The summed E-state index contributed by atoms with van der Waals surface area (Å²) in [6.45, 7) is 2.66. The van der Waals surface area contributed by atoms with Gasteiger partial charge in [-0.25, -0.2) is 0 Å². The zero-order valence-corrected chi connectivity index (χ0v) is 16.6. The second kappa shape index (κ2) is 7.61. The molecule has 2 aliphatic heterocycles. The van der Waals surface area contributed by atoms with Gasteiger partial charge in [-0.15, -0.1) is 0 Å². The van der Waals surface area contributed by atoms with Gasteiger partial charge in [-0.1, -0.05) is 0 Å². The van der Waals surface area contributed by atoms with E-state index < -0.39 is 10.2 Å². The molecule has 1 amide bonds. The summed E-state index contributed by atoms with van der Waals surface area (Å²) in [6.07, 6.45) is 1.84. The van der Waals surface area contributed by atoms with Crippen LogP contribution < -0.4 is 4.74 Å². The SMILES string of the molecule is COc1ccc(C(=O)N2CCN(S(=O)(=O)N3CCCC3)CC2)cc1Br. The second-order valence-corrected chi connectivity index (χ2v) is 8.94. The van der Waals surface area contributed by atoms with E-state index >= 15 is 0 Å². The molecule has 0 bridgehead atoms. The average Bonchev–Trinajstić information content (AvgIpc) is 3.16. The maximum Gasteiger partial charge on any atom is 0.282 e. The van der Waals surface area contributed by atoms with Gasteiger partial charge in [0, 0.05) is 44.8 Å². The number of halogens is 1. The van der Waals surface area contributed by atoms with Gasteiger partial charge in [-0.2, -0.15) is 17.0 Å². The highest BCUT2D eigenvalue weighted by atomic mass is 79.9. The highest BCUT2D eigenvalue weighted by Gasteiger charge is 2.34. The van der Waals surface area contributed by atoms with Crippen LogP contribution in [0, 0.1) is 0 Å². The number of rotatable bonds is 4. The highest BCUT2D eigenvalue weighted by Crippen LogP contribution is 2.26. The molecule has 3 rings (SSSR count). The van der Waals surface area contributed by atoms with Crippen LogP contribution in [0.3, 0.4) is 0 Å². The molecular weight excluding hydrogens is 410 g/mol. The predicted molar refractivity (Wildman–Crippen MR) is 97.9 cm³/mol. The lowest BCUT2D eigenvalue weighted by molar-refractivity contribution is 0.0694. The molecule has 1 aromatic rings. The maximum atomic E-state index is 12.7. The quantitative estimate of drug-likeness (QED) is 0.724. The topological polar surface area (TPSA) is 70.2 Å². The van der Waals surface area contributed by atoms with E-state index in [2.05, 4.69) is 15.9 Å². The van der Waals surface area contributed by atoms with E-state index in [4.69, 9.17) is 4.74 Å².